The topological polar surface area (TPSA) is 105 Å². The molecular formula is C27H32N2O5. The number of carboxylic acids is 1. The van der Waals surface area contributed by atoms with Crippen LogP contribution in [-0.2, 0) is 14.3 Å². The van der Waals surface area contributed by atoms with E-state index in [1.165, 1.54) is 0 Å². The third kappa shape index (κ3) is 5.24. The van der Waals surface area contributed by atoms with Crippen LogP contribution in [0, 0.1) is 11.8 Å². The number of aliphatic carboxylic acids is 1. The van der Waals surface area contributed by atoms with Crippen LogP contribution in [0.5, 0.6) is 0 Å². The van der Waals surface area contributed by atoms with Crippen molar-refractivity contribution in [2.45, 2.75) is 57.5 Å². The molecular weight excluding hydrogens is 432 g/mol. The summed E-state index contributed by atoms with van der Waals surface area (Å²) in [5, 5.41) is 14.8. The number of amides is 2. The molecule has 2 aromatic carbocycles. The fraction of sp³-hybridized carbons (Fsp3) is 0.444. The predicted octanol–water partition coefficient (Wildman–Crippen LogP) is 4.31. The highest BCUT2D eigenvalue weighted by Gasteiger charge is 2.35. The van der Waals surface area contributed by atoms with Crippen molar-refractivity contribution in [3.8, 4) is 11.1 Å². The van der Waals surface area contributed by atoms with Crippen molar-refractivity contribution in [2.24, 2.45) is 11.8 Å². The first-order chi connectivity index (χ1) is 16.4. The van der Waals surface area contributed by atoms with Crippen molar-refractivity contribution < 1.29 is 24.2 Å². The van der Waals surface area contributed by atoms with Gasteiger partial charge in [-0.15, -0.1) is 0 Å². The van der Waals surface area contributed by atoms with Crippen LogP contribution in [0.1, 0.15) is 56.6 Å². The Morgan fingerprint density at radius 2 is 1.59 bits per heavy atom. The Morgan fingerprint density at radius 1 is 1.00 bits per heavy atom. The smallest absolute Gasteiger partial charge is 0.407 e. The summed E-state index contributed by atoms with van der Waals surface area (Å²) in [6, 6.07) is 14.4. The molecule has 2 amide bonds. The summed E-state index contributed by atoms with van der Waals surface area (Å²) in [6.45, 7) is 3.82. The minimum absolute atomic E-state index is 0.0735. The van der Waals surface area contributed by atoms with E-state index < -0.39 is 30.1 Å². The van der Waals surface area contributed by atoms with Crippen LogP contribution < -0.4 is 10.6 Å². The zero-order valence-electron chi connectivity index (χ0n) is 19.6. The third-order valence-corrected chi connectivity index (χ3v) is 7.00. The van der Waals surface area contributed by atoms with Crippen molar-refractivity contribution in [3.05, 3.63) is 59.7 Å². The maximum Gasteiger partial charge on any atom is 0.407 e. The number of carbonyl (C=O) groups excluding carboxylic acids is 2. The zero-order chi connectivity index (χ0) is 24.2. The Balaban J connectivity index is 1.41. The molecule has 0 heterocycles. The van der Waals surface area contributed by atoms with Gasteiger partial charge in [-0.05, 0) is 40.5 Å². The quantitative estimate of drug-likeness (QED) is 0.486. The fourth-order valence-corrected chi connectivity index (χ4v) is 4.64. The van der Waals surface area contributed by atoms with Gasteiger partial charge in [0.15, 0.2) is 0 Å². The second kappa shape index (κ2) is 10.3. The van der Waals surface area contributed by atoms with Crippen molar-refractivity contribution in [3.63, 3.8) is 0 Å². The number of carboxylic acid groups (broad SMARTS) is 1. The molecule has 7 nitrogen and oxygen atoms in total. The number of rotatable bonds is 10. The molecule has 1 fully saturated rings. The SMILES string of the molecule is CC[C@H](C)[C@H](NC(=O)C(CC1CC1)NC(=O)OCC1c2ccccc2-c2ccccc21)C(=O)O. The van der Waals surface area contributed by atoms with Crippen molar-refractivity contribution >= 4 is 18.0 Å². The van der Waals surface area contributed by atoms with Gasteiger partial charge in [0, 0.05) is 5.92 Å². The van der Waals surface area contributed by atoms with E-state index in [0.717, 1.165) is 35.1 Å². The summed E-state index contributed by atoms with van der Waals surface area (Å²) in [5.74, 6) is -1.49. The Labute approximate surface area is 199 Å². The van der Waals surface area contributed by atoms with E-state index >= 15 is 0 Å². The van der Waals surface area contributed by atoms with Crippen LogP contribution in [0.4, 0.5) is 4.79 Å². The van der Waals surface area contributed by atoms with E-state index in [1.807, 2.05) is 43.3 Å². The summed E-state index contributed by atoms with van der Waals surface area (Å²) in [6.07, 6.45) is 2.43. The standard InChI is InChI=1S/C27H32N2O5/c1-3-16(2)24(26(31)32)29-25(30)23(14-17-12-13-17)28-27(33)34-15-22-20-10-6-4-8-18(20)19-9-5-7-11-21(19)22/h4-11,16-17,22-24H,3,12-15H2,1-2H3,(H,28,33)(H,29,30)(H,31,32)/t16-,23?,24-/m0/s1. The van der Waals surface area contributed by atoms with Gasteiger partial charge in [-0.2, -0.15) is 0 Å². The van der Waals surface area contributed by atoms with Crippen molar-refractivity contribution in [1.82, 2.24) is 10.6 Å². The Bertz CT molecular complexity index is 1020. The number of hydrogen-bond acceptors (Lipinski definition) is 4. The highest BCUT2D eigenvalue weighted by Crippen LogP contribution is 2.44. The first-order valence-electron chi connectivity index (χ1n) is 12.0. The zero-order valence-corrected chi connectivity index (χ0v) is 19.6. The van der Waals surface area contributed by atoms with Gasteiger partial charge in [0.25, 0.3) is 0 Å². The molecule has 4 rings (SSSR count). The van der Waals surface area contributed by atoms with E-state index in [-0.39, 0.29) is 18.4 Å². The van der Waals surface area contributed by atoms with Crippen LogP contribution in [0.2, 0.25) is 0 Å². The maximum atomic E-state index is 12.9. The van der Waals surface area contributed by atoms with E-state index in [1.54, 1.807) is 6.92 Å². The van der Waals surface area contributed by atoms with Gasteiger partial charge in [-0.3, -0.25) is 4.79 Å². The normalized spacial score (nSPS) is 17.1. The average molecular weight is 465 g/mol. The first-order valence-corrected chi connectivity index (χ1v) is 12.0. The Morgan fingerprint density at radius 3 is 2.12 bits per heavy atom. The van der Waals surface area contributed by atoms with Gasteiger partial charge in [0.1, 0.15) is 18.7 Å². The lowest BCUT2D eigenvalue weighted by Gasteiger charge is -2.24. The molecule has 2 aliphatic rings. The monoisotopic (exact) mass is 464 g/mol. The molecule has 0 radical (unpaired) electrons. The van der Waals surface area contributed by atoms with Crippen LogP contribution in [0.25, 0.3) is 11.1 Å². The molecule has 3 N–H and O–H groups in total. The van der Waals surface area contributed by atoms with Crippen LogP contribution in [0.15, 0.2) is 48.5 Å². The molecule has 3 atom stereocenters. The minimum Gasteiger partial charge on any atom is -0.480 e. The summed E-state index contributed by atoms with van der Waals surface area (Å²) in [4.78, 5) is 37.3. The summed E-state index contributed by atoms with van der Waals surface area (Å²) >= 11 is 0. The van der Waals surface area contributed by atoms with Crippen molar-refractivity contribution in [2.75, 3.05) is 6.61 Å². The first kappa shape index (κ1) is 23.8. The van der Waals surface area contributed by atoms with Gasteiger partial charge in [-0.1, -0.05) is 81.6 Å². The number of carbonyl (C=O) groups is 3. The maximum absolute atomic E-state index is 12.9. The minimum atomic E-state index is -1.07. The van der Waals surface area contributed by atoms with Crippen LogP contribution in [0.3, 0.4) is 0 Å². The predicted molar refractivity (Wildman–Crippen MR) is 128 cm³/mol. The van der Waals surface area contributed by atoms with E-state index in [2.05, 4.69) is 22.8 Å². The average Bonchev–Trinajstić information content (AvgIpc) is 3.60. The van der Waals surface area contributed by atoms with Gasteiger partial charge < -0.3 is 20.5 Å². The summed E-state index contributed by atoms with van der Waals surface area (Å²) in [7, 11) is 0. The van der Waals surface area contributed by atoms with Crippen LogP contribution in [-0.4, -0.2) is 41.8 Å². The molecule has 0 aromatic heterocycles. The molecule has 7 heteroatoms. The summed E-state index contributed by atoms with van der Waals surface area (Å²) in [5.41, 5.74) is 4.51. The molecule has 0 saturated heterocycles. The lowest BCUT2D eigenvalue weighted by Crippen LogP contribution is -2.53. The molecule has 180 valence electrons. The van der Waals surface area contributed by atoms with Crippen molar-refractivity contribution in [1.29, 1.82) is 0 Å². The molecule has 1 saturated carbocycles. The fourth-order valence-electron chi connectivity index (χ4n) is 4.64. The van der Waals surface area contributed by atoms with E-state index in [0.29, 0.717) is 18.8 Å². The lowest BCUT2D eigenvalue weighted by atomic mass is 9.98. The molecule has 0 aliphatic heterocycles. The van der Waals surface area contributed by atoms with Gasteiger partial charge in [-0.25, -0.2) is 9.59 Å². The molecule has 0 bridgehead atoms. The lowest BCUT2D eigenvalue weighted by molar-refractivity contribution is -0.143. The number of benzene rings is 2. The molecule has 1 unspecified atom stereocenters. The summed E-state index contributed by atoms with van der Waals surface area (Å²) < 4.78 is 5.60. The molecule has 0 spiro atoms. The Hall–Kier alpha value is -3.35. The number of hydrogen-bond donors (Lipinski definition) is 3. The molecule has 34 heavy (non-hydrogen) atoms. The Kier molecular flexibility index (Phi) is 7.20. The number of nitrogens with one attached hydrogen (secondary N) is 2. The highest BCUT2D eigenvalue weighted by atomic mass is 16.5. The third-order valence-electron chi connectivity index (χ3n) is 7.00. The number of alkyl carbamates (subject to hydrolysis) is 1. The van der Waals surface area contributed by atoms with Gasteiger partial charge in [0.05, 0.1) is 0 Å². The van der Waals surface area contributed by atoms with E-state index in [9.17, 15) is 19.5 Å². The second-order valence-corrected chi connectivity index (χ2v) is 9.41. The molecule has 2 aliphatic carbocycles. The number of ether oxygens (including phenoxy) is 1. The highest BCUT2D eigenvalue weighted by molar-refractivity contribution is 5.89. The van der Waals surface area contributed by atoms with Crippen LogP contribution >= 0.6 is 0 Å². The largest absolute Gasteiger partial charge is 0.480 e. The number of fused-ring (bicyclic) bond motifs is 3. The molecule has 2 aromatic rings. The second-order valence-electron chi connectivity index (χ2n) is 9.41. The van der Waals surface area contributed by atoms with Gasteiger partial charge >= 0.3 is 12.1 Å². The van der Waals surface area contributed by atoms with E-state index in [4.69, 9.17) is 4.74 Å². The van der Waals surface area contributed by atoms with Gasteiger partial charge in [0.2, 0.25) is 5.91 Å².